The Balaban J connectivity index is 1.49. The minimum absolute atomic E-state index is 0.157. The summed E-state index contributed by atoms with van der Waals surface area (Å²) in [5, 5.41) is 7.46. The molecular formula is C23H28N4O2. The zero-order valence-electron chi connectivity index (χ0n) is 17.0. The Bertz CT molecular complexity index is 1090. The fourth-order valence-electron chi connectivity index (χ4n) is 4.34. The van der Waals surface area contributed by atoms with Crippen LogP contribution in [-0.4, -0.2) is 35.1 Å². The second-order valence-corrected chi connectivity index (χ2v) is 7.85. The van der Waals surface area contributed by atoms with E-state index in [-0.39, 0.29) is 23.1 Å². The predicted molar refractivity (Wildman–Crippen MR) is 116 cm³/mol. The van der Waals surface area contributed by atoms with Gasteiger partial charge in [-0.2, -0.15) is 0 Å². The summed E-state index contributed by atoms with van der Waals surface area (Å²) in [4.78, 5) is 29.3. The standard InChI is InChI=1S/C23H28N4O2/c1-15-10-14-27(17-7-11-24-12-8-17)23(29)21(15)22(28)25-13-9-18-16(2)26-20-6-4-3-5-19(18)20/h3-6,10,14,17,24,26H,7-9,11-13H2,1-2H3,(H,25,28). The summed E-state index contributed by atoms with van der Waals surface area (Å²) in [5.74, 6) is -0.284. The second kappa shape index (κ2) is 8.25. The number of piperidine rings is 1. The topological polar surface area (TPSA) is 78.9 Å². The number of aromatic nitrogens is 2. The number of H-pyrrole nitrogens is 1. The molecular weight excluding hydrogens is 364 g/mol. The van der Waals surface area contributed by atoms with Crippen LogP contribution < -0.4 is 16.2 Å². The monoisotopic (exact) mass is 392 g/mol. The van der Waals surface area contributed by atoms with E-state index in [0.29, 0.717) is 6.54 Å². The van der Waals surface area contributed by atoms with E-state index in [1.165, 1.54) is 10.9 Å². The number of nitrogens with one attached hydrogen (secondary N) is 3. The van der Waals surface area contributed by atoms with E-state index < -0.39 is 0 Å². The molecule has 1 fully saturated rings. The average molecular weight is 393 g/mol. The van der Waals surface area contributed by atoms with Crippen molar-refractivity contribution >= 4 is 16.8 Å². The first-order valence-electron chi connectivity index (χ1n) is 10.3. The molecule has 0 saturated carbocycles. The summed E-state index contributed by atoms with van der Waals surface area (Å²) in [7, 11) is 0. The van der Waals surface area contributed by atoms with E-state index in [1.54, 1.807) is 4.57 Å². The molecule has 3 heterocycles. The van der Waals surface area contributed by atoms with Crippen LogP contribution >= 0.6 is 0 Å². The van der Waals surface area contributed by atoms with Gasteiger partial charge in [0.05, 0.1) is 0 Å². The normalized spacial score (nSPS) is 15.0. The van der Waals surface area contributed by atoms with Crippen molar-refractivity contribution in [2.45, 2.75) is 39.2 Å². The highest BCUT2D eigenvalue weighted by atomic mass is 16.2. The predicted octanol–water partition coefficient (Wildman–Crippen LogP) is 2.84. The maximum atomic E-state index is 13.0. The van der Waals surface area contributed by atoms with Gasteiger partial charge >= 0.3 is 0 Å². The van der Waals surface area contributed by atoms with Crippen molar-refractivity contribution in [1.29, 1.82) is 0 Å². The lowest BCUT2D eigenvalue weighted by Gasteiger charge is -2.25. The van der Waals surface area contributed by atoms with Crippen LogP contribution in [0.5, 0.6) is 0 Å². The molecule has 0 unspecified atom stereocenters. The van der Waals surface area contributed by atoms with E-state index in [9.17, 15) is 9.59 Å². The molecule has 1 saturated heterocycles. The number of aromatic amines is 1. The van der Waals surface area contributed by atoms with Crippen LogP contribution in [0.4, 0.5) is 0 Å². The third kappa shape index (κ3) is 3.85. The lowest BCUT2D eigenvalue weighted by molar-refractivity contribution is 0.0951. The van der Waals surface area contributed by atoms with Gasteiger partial charge in [0.2, 0.25) is 0 Å². The van der Waals surface area contributed by atoms with Gasteiger partial charge in [0, 0.05) is 35.4 Å². The van der Waals surface area contributed by atoms with Gasteiger partial charge < -0.3 is 20.2 Å². The Morgan fingerprint density at radius 1 is 1.17 bits per heavy atom. The average Bonchev–Trinajstić information content (AvgIpc) is 3.04. The third-order valence-corrected chi connectivity index (χ3v) is 5.94. The van der Waals surface area contributed by atoms with Crippen molar-refractivity contribution in [3.8, 4) is 0 Å². The van der Waals surface area contributed by atoms with E-state index in [2.05, 4.69) is 34.7 Å². The molecule has 6 nitrogen and oxygen atoms in total. The van der Waals surface area contributed by atoms with E-state index in [1.807, 2.05) is 31.3 Å². The van der Waals surface area contributed by atoms with Crippen molar-refractivity contribution < 1.29 is 4.79 Å². The van der Waals surface area contributed by atoms with Crippen LogP contribution in [0.1, 0.15) is 46.1 Å². The van der Waals surface area contributed by atoms with Gasteiger partial charge in [0.25, 0.3) is 11.5 Å². The minimum atomic E-state index is -0.284. The molecule has 1 aromatic carbocycles. The number of amides is 1. The highest BCUT2D eigenvalue weighted by Gasteiger charge is 2.21. The number of carbonyl (C=O) groups excluding carboxylic acids is 1. The number of fused-ring (bicyclic) bond motifs is 1. The van der Waals surface area contributed by atoms with Crippen molar-refractivity contribution in [2.75, 3.05) is 19.6 Å². The number of benzene rings is 1. The number of carbonyl (C=O) groups is 1. The fourth-order valence-corrected chi connectivity index (χ4v) is 4.34. The van der Waals surface area contributed by atoms with Crippen molar-refractivity contribution in [3.05, 3.63) is 69.3 Å². The Hall–Kier alpha value is -2.86. The van der Waals surface area contributed by atoms with Crippen molar-refractivity contribution in [1.82, 2.24) is 20.2 Å². The summed E-state index contributed by atoms with van der Waals surface area (Å²) < 4.78 is 1.74. The third-order valence-electron chi connectivity index (χ3n) is 5.94. The first kappa shape index (κ1) is 19.5. The van der Waals surface area contributed by atoms with Gasteiger partial charge in [-0.1, -0.05) is 18.2 Å². The smallest absolute Gasteiger partial charge is 0.263 e. The minimum Gasteiger partial charge on any atom is -0.358 e. The molecule has 6 heteroatoms. The molecule has 0 aliphatic carbocycles. The molecule has 0 atom stereocenters. The van der Waals surface area contributed by atoms with Crippen LogP contribution in [-0.2, 0) is 6.42 Å². The van der Waals surface area contributed by atoms with Crippen LogP contribution in [0.25, 0.3) is 10.9 Å². The van der Waals surface area contributed by atoms with Crippen molar-refractivity contribution in [3.63, 3.8) is 0 Å². The lowest BCUT2D eigenvalue weighted by Crippen LogP contribution is -2.38. The van der Waals surface area contributed by atoms with E-state index in [4.69, 9.17) is 0 Å². The van der Waals surface area contributed by atoms with Gasteiger partial charge in [-0.25, -0.2) is 0 Å². The summed E-state index contributed by atoms with van der Waals surface area (Å²) >= 11 is 0. The Morgan fingerprint density at radius 3 is 2.72 bits per heavy atom. The second-order valence-electron chi connectivity index (χ2n) is 7.85. The van der Waals surface area contributed by atoms with Crippen LogP contribution in [0.2, 0.25) is 0 Å². The molecule has 3 aromatic rings. The first-order valence-corrected chi connectivity index (χ1v) is 10.3. The van der Waals surface area contributed by atoms with Crippen LogP contribution in [0.3, 0.4) is 0 Å². The van der Waals surface area contributed by atoms with Gasteiger partial charge in [-0.15, -0.1) is 0 Å². The Morgan fingerprint density at radius 2 is 1.93 bits per heavy atom. The van der Waals surface area contributed by atoms with E-state index >= 15 is 0 Å². The Kier molecular flexibility index (Phi) is 5.53. The first-order chi connectivity index (χ1) is 14.1. The molecule has 152 valence electrons. The molecule has 0 spiro atoms. The molecule has 1 aliphatic heterocycles. The summed E-state index contributed by atoms with van der Waals surface area (Å²) in [6.45, 7) is 6.17. The van der Waals surface area contributed by atoms with Crippen molar-refractivity contribution in [2.24, 2.45) is 0 Å². The molecule has 0 bridgehead atoms. The molecule has 1 amide bonds. The zero-order valence-corrected chi connectivity index (χ0v) is 17.0. The molecule has 4 rings (SSSR count). The van der Waals surface area contributed by atoms with Gasteiger partial charge in [-0.05, 0) is 69.5 Å². The number of rotatable bonds is 5. The zero-order chi connectivity index (χ0) is 20.4. The molecule has 29 heavy (non-hydrogen) atoms. The summed E-state index contributed by atoms with van der Waals surface area (Å²) in [6.07, 6.45) is 4.36. The van der Waals surface area contributed by atoms with Crippen LogP contribution in [0.15, 0.2) is 41.3 Å². The van der Waals surface area contributed by atoms with Gasteiger partial charge in [0.1, 0.15) is 5.56 Å². The molecule has 0 radical (unpaired) electrons. The fraction of sp³-hybridized carbons (Fsp3) is 0.391. The Labute approximate surface area is 170 Å². The number of hydrogen-bond acceptors (Lipinski definition) is 3. The maximum Gasteiger partial charge on any atom is 0.263 e. The molecule has 1 aliphatic rings. The molecule has 3 N–H and O–H groups in total. The lowest BCUT2D eigenvalue weighted by atomic mass is 10.0. The summed E-state index contributed by atoms with van der Waals surface area (Å²) in [6, 6.07) is 10.2. The highest BCUT2D eigenvalue weighted by Crippen LogP contribution is 2.22. The van der Waals surface area contributed by atoms with Gasteiger partial charge in [0.15, 0.2) is 0 Å². The largest absolute Gasteiger partial charge is 0.358 e. The number of hydrogen-bond donors (Lipinski definition) is 3. The highest BCUT2D eigenvalue weighted by molar-refractivity contribution is 5.95. The van der Waals surface area contributed by atoms with E-state index in [0.717, 1.165) is 49.1 Å². The van der Waals surface area contributed by atoms with Gasteiger partial charge in [-0.3, -0.25) is 9.59 Å². The number of pyridine rings is 1. The maximum absolute atomic E-state index is 13.0. The quantitative estimate of drug-likeness (QED) is 0.625. The number of aryl methyl sites for hydroxylation is 2. The SMILES string of the molecule is Cc1ccn(C2CCNCC2)c(=O)c1C(=O)NCCc1c(C)[nH]c2ccccc12. The van der Waals surface area contributed by atoms with Crippen LogP contribution in [0, 0.1) is 13.8 Å². The number of para-hydroxylation sites is 1. The molecule has 2 aromatic heterocycles. The number of nitrogens with zero attached hydrogens (tertiary/aromatic N) is 1. The summed E-state index contributed by atoms with van der Waals surface area (Å²) in [5.41, 5.74) is 4.23.